The monoisotopic (exact) mass is 793 g/mol. The minimum Gasteiger partial charge on any atom is -0.492 e. The zero-order chi connectivity index (χ0) is 37.8. The average Bonchev–Trinajstić information content (AvgIpc) is 3.91. The van der Waals surface area contributed by atoms with Gasteiger partial charge in [-0.2, -0.15) is 5.26 Å². The summed E-state index contributed by atoms with van der Waals surface area (Å²) in [7, 11) is 0. The predicted molar refractivity (Wildman–Crippen MR) is 232 cm³/mol. The number of rotatable bonds is 13. The van der Waals surface area contributed by atoms with Gasteiger partial charge in [0.25, 0.3) is 0 Å². The van der Waals surface area contributed by atoms with E-state index < -0.39 is 0 Å². The van der Waals surface area contributed by atoms with Crippen LogP contribution in [0.5, 0.6) is 5.75 Å². The van der Waals surface area contributed by atoms with E-state index >= 15 is 0 Å². The largest absolute Gasteiger partial charge is 0.492 e. The second-order valence-electron chi connectivity index (χ2n) is 14.1. The fourth-order valence-corrected chi connectivity index (χ4v) is 8.84. The molecule has 8 rings (SSSR count). The van der Waals surface area contributed by atoms with Crippen LogP contribution in [0.2, 0.25) is 10.0 Å². The number of ether oxygens (including phenoxy) is 1. The fraction of sp³-hybridized carbons (Fsp3) is 0.341. The SMILES string of the molecule is Clc1cccc(SCCCN2CCN(c3cccc4[nH]ccc34)CC2)c1.N#Cc1ccc(OCCCCN2CCN(c3cccc4[nH]ccc34)CC2)c(Cl)c1. The topological polar surface area (TPSA) is 77.6 Å². The van der Waals surface area contributed by atoms with Gasteiger partial charge < -0.3 is 24.5 Å². The Kier molecular flexibility index (Phi) is 13.8. The van der Waals surface area contributed by atoms with Crippen LogP contribution in [0.4, 0.5) is 11.4 Å². The van der Waals surface area contributed by atoms with Crippen molar-refractivity contribution in [2.75, 3.05) is 87.6 Å². The lowest BCUT2D eigenvalue weighted by Crippen LogP contribution is -2.46. The van der Waals surface area contributed by atoms with Crippen molar-refractivity contribution in [3.05, 3.63) is 119 Å². The summed E-state index contributed by atoms with van der Waals surface area (Å²) in [6.07, 6.45) is 7.34. The summed E-state index contributed by atoms with van der Waals surface area (Å²) in [5.41, 5.74) is 5.67. The molecular formula is C44H49Cl2N7OS. The van der Waals surface area contributed by atoms with E-state index in [1.165, 1.54) is 51.0 Å². The first-order valence-corrected chi connectivity index (χ1v) is 21.1. The van der Waals surface area contributed by atoms with E-state index in [4.69, 9.17) is 33.2 Å². The van der Waals surface area contributed by atoms with Gasteiger partial charge >= 0.3 is 0 Å². The number of aromatic nitrogens is 2. The molecule has 4 aromatic carbocycles. The highest BCUT2D eigenvalue weighted by Crippen LogP contribution is 2.29. The van der Waals surface area contributed by atoms with Crippen LogP contribution in [0.15, 0.2) is 108 Å². The number of thioether (sulfide) groups is 1. The fourth-order valence-electron chi connectivity index (χ4n) is 7.46. The first kappa shape index (κ1) is 39.0. The van der Waals surface area contributed by atoms with Crippen LogP contribution in [-0.4, -0.2) is 97.6 Å². The van der Waals surface area contributed by atoms with E-state index in [1.54, 1.807) is 18.2 Å². The molecule has 55 heavy (non-hydrogen) atoms. The highest BCUT2D eigenvalue weighted by atomic mass is 35.5. The molecule has 0 aliphatic carbocycles. The number of H-pyrrole nitrogens is 2. The first-order valence-electron chi connectivity index (χ1n) is 19.3. The number of halogens is 2. The van der Waals surface area contributed by atoms with E-state index in [2.05, 4.69) is 90.2 Å². The van der Waals surface area contributed by atoms with Gasteiger partial charge in [-0.25, -0.2) is 0 Å². The smallest absolute Gasteiger partial charge is 0.137 e. The lowest BCUT2D eigenvalue weighted by atomic mass is 10.1. The van der Waals surface area contributed by atoms with Crippen molar-refractivity contribution in [1.82, 2.24) is 19.8 Å². The number of nitrogens with zero attached hydrogens (tertiary/aromatic N) is 5. The highest BCUT2D eigenvalue weighted by Gasteiger charge is 2.20. The molecule has 0 saturated carbocycles. The number of hydrogen-bond donors (Lipinski definition) is 2. The normalized spacial score (nSPS) is 15.2. The Morgan fingerprint density at radius 1 is 0.655 bits per heavy atom. The molecule has 2 saturated heterocycles. The molecule has 0 radical (unpaired) electrons. The van der Waals surface area contributed by atoms with Crippen molar-refractivity contribution >= 4 is 68.1 Å². The number of nitriles is 1. The minimum absolute atomic E-state index is 0.498. The van der Waals surface area contributed by atoms with Crippen molar-refractivity contribution in [2.45, 2.75) is 24.2 Å². The molecule has 4 heterocycles. The summed E-state index contributed by atoms with van der Waals surface area (Å²) in [4.78, 5) is 18.0. The highest BCUT2D eigenvalue weighted by molar-refractivity contribution is 7.99. The summed E-state index contributed by atoms with van der Waals surface area (Å²) in [6.45, 7) is 11.7. The molecule has 2 N–H and O–H groups in total. The van der Waals surface area contributed by atoms with Crippen molar-refractivity contribution in [3.63, 3.8) is 0 Å². The first-order chi connectivity index (χ1) is 27.0. The Morgan fingerprint density at radius 2 is 1.25 bits per heavy atom. The molecule has 2 fully saturated rings. The molecule has 6 aromatic rings. The third-order valence-electron chi connectivity index (χ3n) is 10.4. The van der Waals surface area contributed by atoms with E-state index in [0.717, 1.165) is 82.5 Å². The van der Waals surface area contributed by atoms with Gasteiger partial charge in [-0.1, -0.05) is 41.4 Å². The van der Waals surface area contributed by atoms with Gasteiger partial charge in [0, 0.05) is 108 Å². The second kappa shape index (κ2) is 19.5. The van der Waals surface area contributed by atoms with Crippen LogP contribution in [0, 0.1) is 11.3 Å². The van der Waals surface area contributed by atoms with Crippen molar-refractivity contribution in [2.24, 2.45) is 0 Å². The maximum Gasteiger partial charge on any atom is 0.137 e. The molecule has 2 aromatic heterocycles. The molecule has 0 bridgehead atoms. The van der Waals surface area contributed by atoms with Crippen LogP contribution in [0.25, 0.3) is 21.8 Å². The Morgan fingerprint density at radius 3 is 1.84 bits per heavy atom. The summed E-state index contributed by atoms with van der Waals surface area (Å²) in [5, 5.41) is 12.8. The lowest BCUT2D eigenvalue weighted by Gasteiger charge is -2.36. The molecule has 0 unspecified atom stereocenters. The maximum absolute atomic E-state index is 8.88. The molecule has 0 atom stereocenters. The van der Waals surface area contributed by atoms with Gasteiger partial charge in [0.15, 0.2) is 0 Å². The second-order valence-corrected chi connectivity index (χ2v) is 16.1. The van der Waals surface area contributed by atoms with E-state index in [9.17, 15) is 0 Å². The van der Waals surface area contributed by atoms with Crippen molar-refractivity contribution in [3.8, 4) is 11.8 Å². The molecule has 2 aliphatic rings. The number of unbranched alkanes of at least 4 members (excludes halogenated alkanes) is 1. The molecule has 0 spiro atoms. The van der Waals surface area contributed by atoms with Gasteiger partial charge in [0.05, 0.1) is 23.3 Å². The quantitative estimate of drug-likeness (QED) is 0.0891. The summed E-state index contributed by atoms with van der Waals surface area (Å²) in [6, 6.07) is 32.7. The average molecular weight is 795 g/mol. The predicted octanol–water partition coefficient (Wildman–Crippen LogP) is 9.80. The number of fused-ring (bicyclic) bond motifs is 2. The number of piperazine rings is 2. The third kappa shape index (κ3) is 10.5. The van der Waals surface area contributed by atoms with Crippen LogP contribution in [0.1, 0.15) is 24.8 Å². The van der Waals surface area contributed by atoms with Crippen LogP contribution in [0.3, 0.4) is 0 Å². The van der Waals surface area contributed by atoms with Crippen molar-refractivity contribution in [1.29, 1.82) is 5.26 Å². The Bertz CT molecular complexity index is 2160. The Hall–Kier alpha value is -4.30. The maximum atomic E-state index is 8.88. The van der Waals surface area contributed by atoms with Crippen LogP contribution >= 0.6 is 35.0 Å². The number of benzene rings is 4. The molecule has 8 nitrogen and oxygen atoms in total. The summed E-state index contributed by atoms with van der Waals surface area (Å²) >= 11 is 14.1. The van der Waals surface area contributed by atoms with Crippen LogP contribution < -0.4 is 14.5 Å². The standard InChI is InChI=1S/C23H25ClN4O.C21H24ClN3S/c24-20-16-18(17-25)6-7-23(20)29-15-2-1-10-27-11-13-28(14-12-27)22-5-3-4-21-19(22)8-9-26-21;22-17-4-1-5-18(16-17)26-15-3-10-24-11-13-25(14-12-24)21-7-2-6-20-19(21)8-9-23-20/h3-9,16,26H,1-2,10-15H2;1-2,4-9,16,23H,3,10-15H2. The lowest BCUT2D eigenvalue weighted by molar-refractivity contribution is 0.239. The number of hydrogen-bond acceptors (Lipinski definition) is 7. The van der Waals surface area contributed by atoms with E-state index in [1.807, 2.05) is 42.4 Å². The van der Waals surface area contributed by atoms with Gasteiger partial charge in [-0.05, 0) is 111 Å². The van der Waals surface area contributed by atoms with Crippen LogP contribution in [-0.2, 0) is 0 Å². The number of nitrogens with one attached hydrogen (secondary N) is 2. The van der Waals surface area contributed by atoms with Gasteiger partial charge in [-0.15, -0.1) is 11.8 Å². The van der Waals surface area contributed by atoms with E-state index in [0.29, 0.717) is 22.9 Å². The van der Waals surface area contributed by atoms with Gasteiger partial charge in [-0.3, -0.25) is 9.80 Å². The Labute approximate surface area is 338 Å². The minimum atomic E-state index is 0.498. The van der Waals surface area contributed by atoms with Gasteiger partial charge in [0.1, 0.15) is 5.75 Å². The number of aromatic amines is 2. The number of anilines is 2. The Balaban J connectivity index is 0.000000170. The zero-order valence-corrected chi connectivity index (χ0v) is 33.6. The van der Waals surface area contributed by atoms with Crippen molar-refractivity contribution < 1.29 is 4.74 Å². The molecule has 2 aliphatic heterocycles. The summed E-state index contributed by atoms with van der Waals surface area (Å²) in [5.74, 6) is 1.79. The third-order valence-corrected chi connectivity index (χ3v) is 12.1. The molecule has 11 heteroatoms. The summed E-state index contributed by atoms with van der Waals surface area (Å²) < 4.78 is 5.76. The molecular weight excluding hydrogens is 746 g/mol. The van der Waals surface area contributed by atoms with Gasteiger partial charge in [0.2, 0.25) is 0 Å². The zero-order valence-electron chi connectivity index (χ0n) is 31.2. The molecule has 286 valence electrons. The van der Waals surface area contributed by atoms with E-state index in [-0.39, 0.29) is 0 Å². The molecule has 0 amide bonds.